The fraction of sp³-hybridized carbons (Fsp3) is 0.667. The average molecular weight is 238 g/mol. The summed E-state index contributed by atoms with van der Waals surface area (Å²) in [6.45, 7) is 7.76. The number of hydrogen-bond acceptors (Lipinski definition) is 3. The van der Waals surface area contributed by atoms with Crippen LogP contribution in [0.1, 0.15) is 44.0 Å². The second-order valence-corrected chi connectivity index (χ2v) is 4.22. The summed E-state index contributed by atoms with van der Waals surface area (Å²) in [7, 11) is 0. The molecule has 1 aromatic rings. The van der Waals surface area contributed by atoms with Crippen molar-refractivity contribution in [2.45, 2.75) is 33.6 Å². The lowest BCUT2D eigenvalue weighted by Gasteiger charge is -2.25. The number of nitrogen functional groups attached to an aromatic ring is 1. The second kappa shape index (κ2) is 6.27. The normalized spacial score (nSPS) is 10.8. The van der Waals surface area contributed by atoms with Gasteiger partial charge in [0, 0.05) is 13.1 Å². The molecule has 5 nitrogen and oxygen atoms in total. The van der Waals surface area contributed by atoms with Crippen LogP contribution in [-0.2, 0) is 0 Å². The molecule has 0 aliphatic rings. The molecule has 1 heterocycles. The van der Waals surface area contributed by atoms with Crippen LogP contribution in [0, 0.1) is 5.92 Å². The molecule has 0 radical (unpaired) electrons. The van der Waals surface area contributed by atoms with Gasteiger partial charge >= 0.3 is 0 Å². The minimum Gasteiger partial charge on any atom is -0.383 e. The summed E-state index contributed by atoms with van der Waals surface area (Å²) < 4.78 is 0. The summed E-state index contributed by atoms with van der Waals surface area (Å²) in [5.41, 5.74) is 6.13. The van der Waals surface area contributed by atoms with Crippen molar-refractivity contribution < 1.29 is 4.79 Å². The van der Waals surface area contributed by atoms with Crippen molar-refractivity contribution in [3.05, 3.63) is 11.8 Å². The Morgan fingerprint density at radius 2 is 2.12 bits per heavy atom. The Hall–Kier alpha value is -1.52. The van der Waals surface area contributed by atoms with Crippen LogP contribution in [-0.4, -0.2) is 34.1 Å². The monoisotopic (exact) mass is 238 g/mol. The molecule has 0 atom stereocenters. The molecule has 0 aliphatic heterocycles. The van der Waals surface area contributed by atoms with Crippen molar-refractivity contribution >= 4 is 11.7 Å². The Morgan fingerprint density at radius 1 is 1.47 bits per heavy atom. The maximum atomic E-state index is 12.2. The van der Waals surface area contributed by atoms with Gasteiger partial charge < -0.3 is 10.6 Å². The number of amides is 1. The van der Waals surface area contributed by atoms with Gasteiger partial charge in [-0.15, -0.1) is 0 Å². The predicted molar refractivity (Wildman–Crippen MR) is 68.6 cm³/mol. The van der Waals surface area contributed by atoms with E-state index in [1.54, 1.807) is 0 Å². The summed E-state index contributed by atoms with van der Waals surface area (Å²) in [5, 5.41) is 6.37. The lowest BCUT2D eigenvalue weighted by atomic mass is 10.0. The highest BCUT2D eigenvalue weighted by molar-refractivity contribution is 5.98. The van der Waals surface area contributed by atoms with Crippen molar-refractivity contribution in [2.75, 3.05) is 18.8 Å². The SMILES string of the molecule is CCC(CC)CN(CC)C(=O)c1cn[nH]c1N. The third-order valence-corrected chi connectivity index (χ3v) is 3.20. The van der Waals surface area contributed by atoms with E-state index in [0.717, 1.165) is 19.4 Å². The lowest BCUT2D eigenvalue weighted by molar-refractivity contribution is 0.0736. The average Bonchev–Trinajstić information content (AvgIpc) is 2.76. The first-order valence-electron chi connectivity index (χ1n) is 6.22. The van der Waals surface area contributed by atoms with Gasteiger partial charge in [0.15, 0.2) is 0 Å². The number of carbonyl (C=O) groups excluding carboxylic acids is 1. The van der Waals surface area contributed by atoms with Crippen LogP contribution in [0.2, 0.25) is 0 Å². The number of carbonyl (C=O) groups is 1. The molecule has 0 unspecified atom stereocenters. The quantitative estimate of drug-likeness (QED) is 0.794. The van der Waals surface area contributed by atoms with Crippen molar-refractivity contribution in [3.8, 4) is 0 Å². The Morgan fingerprint density at radius 3 is 2.53 bits per heavy atom. The molecule has 0 bridgehead atoms. The second-order valence-electron chi connectivity index (χ2n) is 4.22. The molecule has 0 aromatic carbocycles. The number of anilines is 1. The smallest absolute Gasteiger partial charge is 0.259 e. The zero-order valence-electron chi connectivity index (χ0n) is 10.9. The Labute approximate surface area is 102 Å². The van der Waals surface area contributed by atoms with Gasteiger partial charge in [-0.2, -0.15) is 5.10 Å². The van der Waals surface area contributed by atoms with Gasteiger partial charge in [-0.05, 0) is 12.8 Å². The topological polar surface area (TPSA) is 75.0 Å². The number of H-pyrrole nitrogens is 1. The van der Waals surface area contributed by atoms with Crippen LogP contribution < -0.4 is 5.73 Å². The number of nitrogens with two attached hydrogens (primary N) is 1. The van der Waals surface area contributed by atoms with E-state index in [1.165, 1.54) is 6.20 Å². The highest BCUT2D eigenvalue weighted by atomic mass is 16.2. The summed E-state index contributed by atoms with van der Waals surface area (Å²) >= 11 is 0. The first-order valence-corrected chi connectivity index (χ1v) is 6.22. The highest BCUT2D eigenvalue weighted by Gasteiger charge is 2.20. The van der Waals surface area contributed by atoms with Gasteiger partial charge in [0.1, 0.15) is 11.4 Å². The number of aromatic amines is 1. The van der Waals surface area contributed by atoms with E-state index in [2.05, 4.69) is 24.0 Å². The summed E-state index contributed by atoms with van der Waals surface area (Å²) in [6.07, 6.45) is 3.66. The molecule has 96 valence electrons. The molecule has 0 saturated carbocycles. The zero-order valence-corrected chi connectivity index (χ0v) is 10.9. The molecular weight excluding hydrogens is 216 g/mol. The third kappa shape index (κ3) is 3.22. The number of hydrogen-bond donors (Lipinski definition) is 2. The third-order valence-electron chi connectivity index (χ3n) is 3.20. The number of rotatable bonds is 6. The maximum absolute atomic E-state index is 12.2. The van der Waals surface area contributed by atoms with Gasteiger partial charge in [0.25, 0.3) is 5.91 Å². The standard InChI is InChI=1S/C12H22N4O/c1-4-9(5-2)8-16(6-3)12(17)10-7-14-15-11(10)13/h7,9H,4-6,8H2,1-3H3,(H3,13,14,15). The van der Waals surface area contributed by atoms with E-state index in [0.29, 0.717) is 23.8 Å². The molecular formula is C12H22N4O. The van der Waals surface area contributed by atoms with E-state index in [4.69, 9.17) is 5.73 Å². The van der Waals surface area contributed by atoms with Crippen molar-refractivity contribution in [1.29, 1.82) is 0 Å². The molecule has 3 N–H and O–H groups in total. The zero-order chi connectivity index (χ0) is 12.8. The molecule has 0 fully saturated rings. The Balaban J connectivity index is 2.74. The predicted octanol–water partition coefficient (Wildman–Crippen LogP) is 1.89. The summed E-state index contributed by atoms with van der Waals surface area (Å²) in [4.78, 5) is 14.0. The molecule has 1 aromatic heterocycles. The van der Waals surface area contributed by atoms with Crippen LogP contribution in [0.5, 0.6) is 0 Å². The molecule has 1 rings (SSSR count). The minimum atomic E-state index is -0.0364. The van der Waals surface area contributed by atoms with E-state index in [9.17, 15) is 4.79 Å². The maximum Gasteiger partial charge on any atom is 0.259 e. The van der Waals surface area contributed by atoms with Gasteiger partial charge in [-0.1, -0.05) is 26.7 Å². The van der Waals surface area contributed by atoms with Crippen LogP contribution in [0.4, 0.5) is 5.82 Å². The van der Waals surface area contributed by atoms with Crippen molar-refractivity contribution in [1.82, 2.24) is 15.1 Å². The molecule has 0 spiro atoms. The van der Waals surface area contributed by atoms with E-state index >= 15 is 0 Å². The molecule has 0 saturated heterocycles. The number of nitrogens with zero attached hydrogens (tertiary/aromatic N) is 2. The molecule has 5 heteroatoms. The number of aromatic nitrogens is 2. The largest absolute Gasteiger partial charge is 0.383 e. The first kappa shape index (κ1) is 13.5. The number of nitrogens with one attached hydrogen (secondary N) is 1. The fourth-order valence-corrected chi connectivity index (χ4v) is 1.85. The Bertz CT molecular complexity index is 357. The van der Waals surface area contributed by atoms with Gasteiger partial charge in [-0.25, -0.2) is 0 Å². The van der Waals surface area contributed by atoms with Crippen LogP contribution in [0.15, 0.2) is 6.20 Å². The summed E-state index contributed by atoms with van der Waals surface area (Å²) in [6, 6.07) is 0. The van der Waals surface area contributed by atoms with Gasteiger partial charge in [-0.3, -0.25) is 9.89 Å². The van der Waals surface area contributed by atoms with E-state index < -0.39 is 0 Å². The summed E-state index contributed by atoms with van der Waals surface area (Å²) in [5.74, 6) is 0.857. The van der Waals surface area contributed by atoms with Gasteiger partial charge in [0.2, 0.25) is 0 Å². The molecule has 17 heavy (non-hydrogen) atoms. The van der Waals surface area contributed by atoms with Crippen LogP contribution in [0.25, 0.3) is 0 Å². The highest BCUT2D eigenvalue weighted by Crippen LogP contribution is 2.14. The molecule has 0 aliphatic carbocycles. The van der Waals surface area contributed by atoms with Crippen LogP contribution >= 0.6 is 0 Å². The minimum absolute atomic E-state index is 0.0364. The van der Waals surface area contributed by atoms with Crippen LogP contribution in [0.3, 0.4) is 0 Å². The van der Waals surface area contributed by atoms with Crippen molar-refractivity contribution in [3.63, 3.8) is 0 Å². The lowest BCUT2D eigenvalue weighted by Crippen LogP contribution is -2.35. The first-order chi connectivity index (χ1) is 8.13. The molecule has 1 amide bonds. The Kier molecular flexibility index (Phi) is 5.00. The van der Waals surface area contributed by atoms with E-state index in [1.807, 2.05) is 11.8 Å². The van der Waals surface area contributed by atoms with Crippen molar-refractivity contribution in [2.24, 2.45) is 5.92 Å². The van der Waals surface area contributed by atoms with Gasteiger partial charge in [0.05, 0.1) is 6.20 Å². The fourth-order valence-electron chi connectivity index (χ4n) is 1.85. The van der Waals surface area contributed by atoms with E-state index in [-0.39, 0.29) is 5.91 Å².